The van der Waals surface area contributed by atoms with Gasteiger partial charge in [-0.05, 0) is 42.5 Å². The van der Waals surface area contributed by atoms with E-state index >= 15 is 0 Å². The van der Waals surface area contributed by atoms with Crippen molar-refractivity contribution >= 4 is 29.0 Å². The molecule has 6 nitrogen and oxygen atoms in total. The first-order valence-electron chi connectivity index (χ1n) is 8.52. The van der Waals surface area contributed by atoms with E-state index in [1.54, 1.807) is 35.7 Å². The monoisotopic (exact) mass is 389 g/mol. The summed E-state index contributed by atoms with van der Waals surface area (Å²) >= 11 is 1.30. The van der Waals surface area contributed by atoms with Gasteiger partial charge >= 0.3 is 5.97 Å². The van der Waals surface area contributed by atoms with Gasteiger partial charge in [-0.3, -0.25) is 9.59 Å². The topological polar surface area (TPSA) is 81.7 Å². The number of ketones is 1. The summed E-state index contributed by atoms with van der Waals surface area (Å²) in [4.78, 5) is 36.9. The van der Waals surface area contributed by atoms with E-state index < -0.39 is 12.0 Å². The van der Waals surface area contributed by atoms with Gasteiger partial charge in [0.05, 0.1) is 12.0 Å². The van der Waals surface area contributed by atoms with Crippen molar-refractivity contribution in [3.8, 4) is 5.75 Å². The zero-order valence-corrected chi connectivity index (χ0v) is 16.6. The molecule has 7 heteroatoms. The predicted molar refractivity (Wildman–Crippen MR) is 103 cm³/mol. The summed E-state index contributed by atoms with van der Waals surface area (Å²) in [6.07, 6.45) is 0. The molecule has 1 amide bonds. The van der Waals surface area contributed by atoms with Crippen LogP contribution >= 0.6 is 11.3 Å². The first-order valence-corrected chi connectivity index (χ1v) is 9.40. The third-order valence-electron chi connectivity index (χ3n) is 4.01. The summed E-state index contributed by atoms with van der Waals surface area (Å²) in [5, 5.41) is 4.52. The molecule has 1 aromatic heterocycles. The summed E-state index contributed by atoms with van der Waals surface area (Å²) in [5.41, 5.74) is 1.10. The molecule has 2 rings (SSSR count). The number of hydrogen-bond donors (Lipinski definition) is 1. The molecule has 0 aliphatic carbocycles. The first-order chi connectivity index (χ1) is 12.8. The molecule has 0 saturated carbocycles. The van der Waals surface area contributed by atoms with E-state index in [4.69, 9.17) is 9.47 Å². The number of carbonyl (C=O) groups excluding carboxylic acids is 3. The number of ether oxygens (including phenoxy) is 2. The van der Waals surface area contributed by atoms with Crippen LogP contribution in [0.15, 0.2) is 35.7 Å². The Labute approximate surface area is 162 Å². The number of rotatable bonds is 8. The minimum Gasteiger partial charge on any atom is -0.496 e. The number of esters is 1. The van der Waals surface area contributed by atoms with Crippen LogP contribution < -0.4 is 10.1 Å². The van der Waals surface area contributed by atoms with Crippen LogP contribution in [0.1, 0.15) is 46.4 Å². The van der Waals surface area contributed by atoms with Crippen LogP contribution in [-0.4, -0.2) is 30.8 Å². The maximum Gasteiger partial charge on any atom is 0.329 e. The second-order valence-corrected chi connectivity index (χ2v) is 7.31. The predicted octanol–water partition coefficient (Wildman–Crippen LogP) is 3.46. The number of hydrogen-bond acceptors (Lipinski definition) is 6. The summed E-state index contributed by atoms with van der Waals surface area (Å²) in [5.74, 6) is -0.557. The fourth-order valence-corrected chi connectivity index (χ4v) is 3.09. The number of nitrogens with one attached hydrogen (secondary N) is 1. The largest absolute Gasteiger partial charge is 0.496 e. The Hall–Kier alpha value is -2.67. The molecule has 0 unspecified atom stereocenters. The van der Waals surface area contributed by atoms with E-state index in [9.17, 15) is 14.4 Å². The Morgan fingerprint density at radius 2 is 1.93 bits per heavy atom. The highest BCUT2D eigenvalue weighted by Gasteiger charge is 2.26. The first kappa shape index (κ1) is 20.6. The molecule has 0 fully saturated rings. The summed E-state index contributed by atoms with van der Waals surface area (Å²) < 4.78 is 10.7. The normalized spacial score (nSPS) is 11.7. The van der Waals surface area contributed by atoms with Gasteiger partial charge in [-0.1, -0.05) is 19.9 Å². The number of amides is 1. The summed E-state index contributed by atoms with van der Waals surface area (Å²) in [7, 11) is 1.51. The molecule has 0 radical (unpaired) electrons. The van der Waals surface area contributed by atoms with Crippen LogP contribution in [0.3, 0.4) is 0 Å². The fraction of sp³-hybridized carbons (Fsp3) is 0.350. The van der Waals surface area contributed by atoms with Crippen LogP contribution in [0.25, 0.3) is 0 Å². The average Bonchev–Trinajstić information content (AvgIpc) is 3.18. The SMILES string of the molecule is COc1ccc(C(C)=O)cc1COC(=O)[C@@H](NC(=O)c1cccs1)C(C)C. The van der Waals surface area contributed by atoms with E-state index in [1.165, 1.54) is 25.4 Å². The zero-order chi connectivity index (χ0) is 20.0. The summed E-state index contributed by atoms with van der Waals surface area (Å²) in [6.45, 7) is 5.07. The van der Waals surface area contributed by atoms with Crippen LogP contribution in [0.4, 0.5) is 0 Å². The highest BCUT2D eigenvalue weighted by atomic mass is 32.1. The molecule has 1 atom stereocenters. The van der Waals surface area contributed by atoms with Gasteiger partial charge in [0.15, 0.2) is 5.78 Å². The molecule has 0 aliphatic heterocycles. The lowest BCUT2D eigenvalue weighted by Gasteiger charge is -2.21. The van der Waals surface area contributed by atoms with Gasteiger partial charge in [0, 0.05) is 11.1 Å². The van der Waals surface area contributed by atoms with Crippen molar-refractivity contribution in [3.63, 3.8) is 0 Å². The van der Waals surface area contributed by atoms with Crippen molar-refractivity contribution in [2.75, 3.05) is 7.11 Å². The number of benzene rings is 1. The molecule has 1 N–H and O–H groups in total. The lowest BCUT2D eigenvalue weighted by molar-refractivity contribution is -0.148. The van der Waals surface area contributed by atoms with E-state index in [-0.39, 0.29) is 24.2 Å². The molecule has 1 aromatic carbocycles. The highest BCUT2D eigenvalue weighted by Crippen LogP contribution is 2.22. The van der Waals surface area contributed by atoms with Gasteiger partial charge in [-0.25, -0.2) is 4.79 Å². The fourth-order valence-electron chi connectivity index (χ4n) is 2.47. The van der Waals surface area contributed by atoms with Crippen molar-refractivity contribution in [1.82, 2.24) is 5.32 Å². The number of methoxy groups -OCH3 is 1. The maximum atomic E-state index is 12.5. The quantitative estimate of drug-likeness (QED) is 0.552. The average molecular weight is 389 g/mol. The van der Waals surface area contributed by atoms with E-state index in [0.29, 0.717) is 21.8 Å². The lowest BCUT2D eigenvalue weighted by Crippen LogP contribution is -2.45. The van der Waals surface area contributed by atoms with Gasteiger partial charge in [-0.15, -0.1) is 11.3 Å². The van der Waals surface area contributed by atoms with Gasteiger partial charge in [-0.2, -0.15) is 0 Å². The van der Waals surface area contributed by atoms with E-state index in [0.717, 1.165) is 0 Å². The minimum atomic E-state index is -0.776. The number of thiophene rings is 1. The Morgan fingerprint density at radius 1 is 1.19 bits per heavy atom. The molecule has 144 valence electrons. The Bertz CT molecular complexity index is 814. The molecule has 0 bridgehead atoms. The lowest BCUT2D eigenvalue weighted by atomic mass is 10.0. The molecule has 0 spiro atoms. The van der Waals surface area contributed by atoms with Gasteiger partial charge in [0.25, 0.3) is 5.91 Å². The number of carbonyl (C=O) groups is 3. The van der Waals surface area contributed by atoms with E-state index in [2.05, 4.69) is 5.32 Å². The maximum absolute atomic E-state index is 12.5. The van der Waals surface area contributed by atoms with Crippen molar-refractivity contribution in [3.05, 3.63) is 51.7 Å². The van der Waals surface area contributed by atoms with Crippen molar-refractivity contribution < 1.29 is 23.9 Å². The zero-order valence-electron chi connectivity index (χ0n) is 15.8. The second kappa shape index (κ2) is 9.32. The molecule has 0 saturated heterocycles. The molecular weight excluding hydrogens is 366 g/mol. The Morgan fingerprint density at radius 3 is 2.48 bits per heavy atom. The number of Topliss-reactive ketones (excluding diaryl/α,β-unsaturated/α-hetero) is 1. The molecule has 2 aromatic rings. The van der Waals surface area contributed by atoms with Gasteiger partial charge < -0.3 is 14.8 Å². The second-order valence-electron chi connectivity index (χ2n) is 6.36. The third-order valence-corrected chi connectivity index (χ3v) is 4.88. The smallest absolute Gasteiger partial charge is 0.329 e. The van der Waals surface area contributed by atoms with Crippen LogP contribution in [0, 0.1) is 5.92 Å². The minimum absolute atomic E-state index is 0.0543. The van der Waals surface area contributed by atoms with Gasteiger partial charge in [0.2, 0.25) is 0 Å². The highest BCUT2D eigenvalue weighted by molar-refractivity contribution is 7.12. The van der Waals surface area contributed by atoms with Crippen molar-refractivity contribution in [2.45, 2.75) is 33.4 Å². The van der Waals surface area contributed by atoms with Gasteiger partial charge in [0.1, 0.15) is 18.4 Å². The van der Waals surface area contributed by atoms with Crippen LogP contribution in [-0.2, 0) is 16.1 Å². The third kappa shape index (κ3) is 5.40. The van der Waals surface area contributed by atoms with Crippen LogP contribution in [0.5, 0.6) is 5.75 Å². The molecule has 0 aliphatic rings. The van der Waals surface area contributed by atoms with Crippen molar-refractivity contribution in [2.24, 2.45) is 5.92 Å². The van der Waals surface area contributed by atoms with Crippen LogP contribution in [0.2, 0.25) is 0 Å². The van der Waals surface area contributed by atoms with Crippen molar-refractivity contribution in [1.29, 1.82) is 0 Å². The standard InChI is InChI=1S/C20H23NO5S/c1-12(2)18(21-19(23)17-6-5-9-27-17)20(24)26-11-15-10-14(13(3)22)7-8-16(15)25-4/h5-10,12,18H,11H2,1-4H3,(H,21,23)/t18-/m0/s1. The molecule has 1 heterocycles. The summed E-state index contributed by atoms with van der Waals surface area (Å²) in [6, 6.07) is 7.66. The molecular formula is C20H23NO5S. The van der Waals surface area contributed by atoms with E-state index in [1.807, 2.05) is 13.8 Å². The Kier molecular flexibility index (Phi) is 7.12. The Balaban J connectivity index is 2.08. The molecule has 27 heavy (non-hydrogen) atoms.